The minimum atomic E-state index is -0.584. The molecule has 8 nitrogen and oxygen atoms in total. The van der Waals surface area contributed by atoms with Crippen LogP contribution in [-0.4, -0.2) is 62.4 Å². The van der Waals surface area contributed by atoms with Crippen LogP contribution in [0.4, 0.5) is 4.79 Å². The first-order valence-corrected chi connectivity index (χ1v) is 7.83. The number of likely N-dealkylation sites (tertiary alicyclic amines) is 2. The fourth-order valence-electron chi connectivity index (χ4n) is 3.26. The van der Waals surface area contributed by atoms with E-state index in [0.717, 1.165) is 25.8 Å². The van der Waals surface area contributed by atoms with Crippen molar-refractivity contribution in [3.63, 3.8) is 0 Å². The topological polar surface area (TPSA) is 97.3 Å². The van der Waals surface area contributed by atoms with Gasteiger partial charge in [-0.3, -0.25) is 4.79 Å². The van der Waals surface area contributed by atoms with Gasteiger partial charge in [-0.1, -0.05) is 5.21 Å². The third-order valence-electron chi connectivity index (χ3n) is 4.62. The van der Waals surface area contributed by atoms with Crippen LogP contribution in [0, 0.1) is 0 Å². The molecule has 3 heterocycles. The fourth-order valence-corrected chi connectivity index (χ4v) is 3.26. The number of carbonyl (C=O) groups excluding carboxylic acids is 2. The minimum absolute atomic E-state index is 0.0599. The summed E-state index contributed by atoms with van der Waals surface area (Å²) in [6, 6.07) is 0.489. The SMILES string of the molecule is CC1CCCCN1C(=O)N1CCC(n2cc(C(N)=O)nn2)C1. The summed E-state index contributed by atoms with van der Waals surface area (Å²) in [7, 11) is 0. The average molecular weight is 306 g/mol. The first-order chi connectivity index (χ1) is 10.6. The lowest BCUT2D eigenvalue weighted by molar-refractivity contribution is 0.0995. The summed E-state index contributed by atoms with van der Waals surface area (Å²) in [6.07, 6.45) is 5.73. The highest BCUT2D eigenvalue weighted by molar-refractivity contribution is 5.90. The molecule has 0 aliphatic carbocycles. The number of rotatable bonds is 2. The van der Waals surface area contributed by atoms with E-state index in [0.29, 0.717) is 19.1 Å². The second-order valence-corrected chi connectivity index (χ2v) is 6.16. The van der Waals surface area contributed by atoms with Crippen LogP contribution in [0.2, 0.25) is 0 Å². The molecule has 8 heteroatoms. The lowest BCUT2D eigenvalue weighted by atomic mass is 10.0. The summed E-state index contributed by atoms with van der Waals surface area (Å²) in [6.45, 7) is 4.26. The van der Waals surface area contributed by atoms with Crippen molar-refractivity contribution in [2.45, 2.75) is 44.7 Å². The zero-order chi connectivity index (χ0) is 15.7. The third-order valence-corrected chi connectivity index (χ3v) is 4.62. The Kier molecular flexibility index (Phi) is 4.00. The van der Waals surface area contributed by atoms with Gasteiger partial charge >= 0.3 is 6.03 Å². The summed E-state index contributed by atoms with van der Waals surface area (Å²) in [4.78, 5) is 27.6. The van der Waals surface area contributed by atoms with Gasteiger partial charge in [0.1, 0.15) is 0 Å². The zero-order valence-corrected chi connectivity index (χ0v) is 12.8. The number of primary amides is 1. The van der Waals surface area contributed by atoms with Crippen molar-refractivity contribution in [3.8, 4) is 0 Å². The molecule has 2 aliphatic heterocycles. The number of aromatic nitrogens is 3. The van der Waals surface area contributed by atoms with Gasteiger partial charge in [0.05, 0.1) is 12.2 Å². The number of hydrogen-bond donors (Lipinski definition) is 1. The van der Waals surface area contributed by atoms with Crippen LogP contribution in [-0.2, 0) is 0 Å². The summed E-state index contributed by atoms with van der Waals surface area (Å²) < 4.78 is 1.65. The minimum Gasteiger partial charge on any atom is -0.364 e. The van der Waals surface area contributed by atoms with Crippen molar-refractivity contribution in [2.24, 2.45) is 5.73 Å². The van der Waals surface area contributed by atoms with Gasteiger partial charge in [0.2, 0.25) is 0 Å². The van der Waals surface area contributed by atoms with E-state index in [9.17, 15) is 9.59 Å². The van der Waals surface area contributed by atoms with Gasteiger partial charge in [0.25, 0.3) is 5.91 Å². The number of urea groups is 1. The monoisotopic (exact) mass is 306 g/mol. The first-order valence-electron chi connectivity index (χ1n) is 7.83. The van der Waals surface area contributed by atoms with E-state index < -0.39 is 5.91 Å². The molecule has 2 saturated heterocycles. The molecule has 3 rings (SSSR count). The van der Waals surface area contributed by atoms with Crippen molar-refractivity contribution in [3.05, 3.63) is 11.9 Å². The van der Waals surface area contributed by atoms with E-state index in [1.54, 1.807) is 10.9 Å². The fraction of sp³-hybridized carbons (Fsp3) is 0.714. The van der Waals surface area contributed by atoms with Crippen LogP contribution >= 0.6 is 0 Å². The number of nitrogens with two attached hydrogens (primary N) is 1. The van der Waals surface area contributed by atoms with E-state index in [4.69, 9.17) is 5.73 Å². The molecule has 2 N–H and O–H groups in total. The predicted molar refractivity (Wildman–Crippen MR) is 79.2 cm³/mol. The van der Waals surface area contributed by atoms with Crippen LogP contribution in [0.3, 0.4) is 0 Å². The standard InChI is InChI=1S/C14H22N6O2/c1-10-4-2-3-6-19(10)14(22)18-7-5-11(8-18)20-9-12(13(15)21)16-17-20/h9-11H,2-8H2,1H3,(H2,15,21). The van der Waals surface area contributed by atoms with E-state index in [1.807, 2.05) is 9.80 Å². The van der Waals surface area contributed by atoms with Crippen molar-refractivity contribution in [2.75, 3.05) is 19.6 Å². The van der Waals surface area contributed by atoms with Crippen LogP contribution < -0.4 is 5.73 Å². The zero-order valence-electron chi connectivity index (χ0n) is 12.8. The second kappa shape index (κ2) is 5.94. The molecule has 0 saturated carbocycles. The maximum absolute atomic E-state index is 12.6. The van der Waals surface area contributed by atoms with Gasteiger partial charge in [0.15, 0.2) is 5.69 Å². The largest absolute Gasteiger partial charge is 0.364 e. The van der Waals surface area contributed by atoms with Gasteiger partial charge in [-0.2, -0.15) is 0 Å². The lowest BCUT2D eigenvalue weighted by Gasteiger charge is -2.36. The second-order valence-electron chi connectivity index (χ2n) is 6.16. The molecule has 2 unspecified atom stereocenters. The highest BCUT2D eigenvalue weighted by Gasteiger charge is 2.33. The molecule has 0 aromatic carbocycles. The quantitative estimate of drug-likeness (QED) is 0.866. The van der Waals surface area contributed by atoms with Gasteiger partial charge in [-0.15, -0.1) is 5.10 Å². The van der Waals surface area contributed by atoms with Crippen molar-refractivity contribution >= 4 is 11.9 Å². The third kappa shape index (κ3) is 2.77. The summed E-state index contributed by atoms with van der Waals surface area (Å²) in [5.74, 6) is -0.584. The molecule has 3 amide bonds. The maximum atomic E-state index is 12.6. The van der Waals surface area contributed by atoms with Crippen molar-refractivity contribution in [1.82, 2.24) is 24.8 Å². The highest BCUT2D eigenvalue weighted by Crippen LogP contribution is 2.24. The van der Waals surface area contributed by atoms with Crippen LogP contribution in [0.5, 0.6) is 0 Å². The first kappa shape index (κ1) is 14.8. The molecule has 120 valence electrons. The highest BCUT2D eigenvalue weighted by atomic mass is 16.2. The predicted octanol–water partition coefficient (Wildman–Crippen LogP) is 0.618. The van der Waals surface area contributed by atoms with E-state index >= 15 is 0 Å². The molecule has 2 aliphatic rings. The Morgan fingerprint density at radius 3 is 2.77 bits per heavy atom. The Morgan fingerprint density at radius 1 is 1.27 bits per heavy atom. The summed E-state index contributed by atoms with van der Waals surface area (Å²) >= 11 is 0. The number of carbonyl (C=O) groups is 2. The molecule has 1 aromatic heterocycles. The number of piperidine rings is 1. The van der Waals surface area contributed by atoms with Crippen LogP contribution in [0.1, 0.15) is 49.1 Å². The number of amides is 3. The number of nitrogens with zero attached hydrogens (tertiary/aromatic N) is 5. The van der Waals surface area contributed by atoms with Gasteiger partial charge in [-0.05, 0) is 32.6 Å². The molecular formula is C14H22N6O2. The van der Waals surface area contributed by atoms with E-state index in [-0.39, 0.29) is 17.8 Å². The van der Waals surface area contributed by atoms with Gasteiger partial charge < -0.3 is 15.5 Å². The van der Waals surface area contributed by atoms with Gasteiger partial charge in [-0.25, -0.2) is 9.48 Å². The Bertz CT molecular complexity index is 571. The maximum Gasteiger partial charge on any atom is 0.320 e. The molecule has 0 radical (unpaired) electrons. The molecular weight excluding hydrogens is 284 g/mol. The molecule has 0 bridgehead atoms. The van der Waals surface area contributed by atoms with Crippen molar-refractivity contribution in [1.29, 1.82) is 0 Å². The molecule has 2 atom stereocenters. The average Bonchev–Trinajstić information content (AvgIpc) is 3.16. The Labute approximate surface area is 129 Å². The molecule has 0 spiro atoms. The molecule has 1 aromatic rings. The Hall–Kier alpha value is -2.12. The summed E-state index contributed by atoms with van der Waals surface area (Å²) in [5.41, 5.74) is 5.35. The Balaban J connectivity index is 1.63. The summed E-state index contributed by atoms with van der Waals surface area (Å²) in [5, 5.41) is 7.71. The molecule has 22 heavy (non-hydrogen) atoms. The lowest BCUT2D eigenvalue weighted by Crippen LogP contribution is -2.48. The van der Waals surface area contributed by atoms with Gasteiger partial charge in [0, 0.05) is 25.7 Å². The van der Waals surface area contributed by atoms with Crippen molar-refractivity contribution < 1.29 is 9.59 Å². The van der Waals surface area contributed by atoms with Crippen LogP contribution in [0.15, 0.2) is 6.20 Å². The smallest absolute Gasteiger partial charge is 0.320 e. The van der Waals surface area contributed by atoms with E-state index in [1.165, 1.54) is 6.42 Å². The van der Waals surface area contributed by atoms with E-state index in [2.05, 4.69) is 17.2 Å². The normalized spacial score (nSPS) is 25.5. The Morgan fingerprint density at radius 2 is 2.09 bits per heavy atom. The number of hydrogen-bond acceptors (Lipinski definition) is 4. The van der Waals surface area contributed by atoms with Crippen LogP contribution in [0.25, 0.3) is 0 Å². The molecule has 2 fully saturated rings.